The summed E-state index contributed by atoms with van der Waals surface area (Å²) in [7, 11) is 0. The Hall–Kier alpha value is -3.13. The van der Waals surface area contributed by atoms with E-state index in [-0.39, 0.29) is 0 Å². The highest BCUT2D eigenvalue weighted by atomic mass is 15.0. The molecule has 2 heterocycles. The van der Waals surface area contributed by atoms with E-state index in [9.17, 15) is 0 Å². The van der Waals surface area contributed by atoms with Crippen molar-refractivity contribution in [2.45, 2.75) is 19.9 Å². The fourth-order valence-electron chi connectivity index (χ4n) is 3.66. The molecule has 0 bridgehead atoms. The second-order valence-electron chi connectivity index (χ2n) is 6.45. The summed E-state index contributed by atoms with van der Waals surface area (Å²) in [6, 6.07) is 21.4. The van der Waals surface area contributed by atoms with Gasteiger partial charge in [-0.05, 0) is 43.2 Å². The fraction of sp³-hybridized carbons (Fsp3) is 0.125. The Kier molecular flexibility index (Phi) is 4.40. The first kappa shape index (κ1) is 16.3. The average molecular weight is 339 g/mol. The third kappa shape index (κ3) is 2.84. The molecule has 1 aliphatic rings. The van der Waals surface area contributed by atoms with Crippen molar-refractivity contribution in [2.75, 3.05) is 5.32 Å². The van der Waals surface area contributed by atoms with Crippen molar-refractivity contribution in [3.8, 4) is 0 Å². The average Bonchev–Trinajstić information content (AvgIpc) is 2.71. The third-order valence-corrected chi connectivity index (χ3v) is 4.90. The van der Waals surface area contributed by atoms with Crippen LogP contribution in [-0.4, -0.2) is 0 Å². The Morgan fingerprint density at radius 1 is 1.00 bits per heavy atom. The topological polar surface area (TPSA) is 15.9 Å². The number of nitrogens with zero attached hydrogens (tertiary/aromatic N) is 1. The van der Waals surface area contributed by atoms with Crippen molar-refractivity contribution in [2.24, 2.45) is 0 Å². The lowest BCUT2D eigenvalue weighted by Crippen LogP contribution is -2.38. The zero-order valence-corrected chi connectivity index (χ0v) is 15.1. The van der Waals surface area contributed by atoms with Crippen molar-refractivity contribution in [1.29, 1.82) is 0 Å². The Labute approximate surface area is 154 Å². The van der Waals surface area contributed by atoms with Crippen LogP contribution < -0.4 is 9.88 Å². The minimum absolute atomic E-state index is 0.813. The molecule has 1 aliphatic heterocycles. The van der Waals surface area contributed by atoms with Crippen molar-refractivity contribution in [3.05, 3.63) is 96.3 Å². The van der Waals surface area contributed by atoms with Crippen LogP contribution in [0.25, 0.3) is 22.6 Å². The molecule has 0 fully saturated rings. The highest BCUT2D eigenvalue weighted by Gasteiger charge is 2.21. The predicted molar refractivity (Wildman–Crippen MR) is 111 cm³/mol. The minimum Gasteiger partial charge on any atom is -0.355 e. The highest BCUT2D eigenvalue weighted by Crippen LogP contribution is 2.30. The maximum absolute atomic E-state index is 3.99. The predicted octanol–water partition coefficient (Wildman–Crippen LogP) is 5.57. The summed E-state index contributed by atoms with van der Waals surface area (Å²) in [5, 5.41) is 4.87. The van der Waals surface area contributed by atoms with Gasteiger partial charge >= 0.3 is 0 Å². The molecule has 3 aromatic rings. The first-order valence-corrected chi connectivity index (χ1v) is 9.12. The smallest absolute Gasteiger partial charge is 0.212 e. The van der Waals surface area contributed by atoms with Gasteiger partial charge in [-0.3, -0.25) is 0 Å². The number of benzene rings is 2. The van der Waals surface area contributed by atoms with Gasteiger partial charge in [-0.15, -0.1) is 6.58 Å². The lowest BCUT2D eigenvalue weighted by molar-refractivity contribution is -0.670. The van der Waals surface area contributed by atoms with E-state index in [0.29, 0.717) is 0 Å². The second-order valence-corrected chi connectivity index (χ2v) is 6.45. The molecule has 1 N–H and O–H groups in total. The van der Waals surface area contributed by atoms with Crippen LogP contribution in [0.4, 0.5) is 5.69 Å². The highest BCUT2D eigenvalue weighted by molar-refractivity contribution is 5.83. The number of aromatic nitrogens is 1. The lowest BCUT2D eigenvalue weighted by atomic mass is 9.99. The van der Waals surface area contributed by atoms with Gasteiger partial charge in [0.2, 0.25) is 11.2 Å². The molecule has 2 heteroatoms. The molecular weight excluding hydrogens is 316 g/mol. The number of hydrogen-bond donors (Lipinski definition) is 1. The van der Waals surface area contributed by atoms with Crippen molar-refractivity contribution >= 4 is 28.2 Å². The molecule has 26 heavy (non-hydrogen) atoms. The van der Waals surface area contributed by atoms with Crippen LogP contribution in [-0.2, 0) is 6.54 Å². The molecule has 0 amide bonds. The molecule has 0 atom stereocenters. The number of para-hydroxylation sites is 2. The van der Waals surface area contributed by atoms with Crippen molar-refractivity contribution < 1.29 is 4.57 Å². The van der Waals surface area contributed by atoms with Crippen molar-refractivity contribution in [1.82, 2.24) is 0 Å². The van der Waals surface area contributed by atoms with Gasteiger partial charge in [-0.25, -0.2) is 0 Å². The number of rotatable bonds is 4. The van der Waals surface area contributed by atoms with Gasteiger partial charge < -0.3 is 5.32 Å². The molecule has 1 aromatic heterocycles. The summed E-state index contributed by atoms with van der Waals surface area (Å²) in [6.45, 7) is 7.11. The molecule has 0 saturated carbocycles. The summed E-state index contributed by atoms with van der Waals surface area (Å²) in [4.78, 5) is 0. The largest absolute Gasteiger partial charge is 0.355 e. The van der Waals surface area contributed by atoms with Gasteiger partial charge in [0.05, 0.1) is 5.57 Å². The Morgan fingerprint density at radius 2 is 1.81 bits per heavy atom. The maximum Gasteiger partial charge on any atom is 0.212 e. The molecule has 128 valence electrons. The quantitative estimate of drug-likeness (QED) is 0.485. The second kappa shape index (κ2) is 7.01. The maximum atomic E-state index is 3.99. The molecule has 0 aliphatic carbocycles. The summed E-state index contributed by atoms with van der Waals surface area (Å²) >= 11 is 0. The van der Waals surface area contributed by atoms with Gasteiger partial charge in [-0.1, -0.05) is 42.5 Å². The molecule has 2 nitrogen and oxygen atoms in total. The van der Waals surface area contributed by atoms with Gasteiger partial charge in [0.25, 0.3) is 0 Å². The number of pyridine rings is 1. The number of allylic oxidation sites excluding steroid dienone is 3. The van der Waals surface area contributed by atoms with E-state index in [1.807, 2.05) is 6.08 Å². The van der Waals surface area contributed by atoms with Crippen LogP contribution in [0.2, 0.25) is 0 Å². The van der Waals surface area contributed by atoms with Crippen LogP contribution in [0.3, 0.4) is 0 Å². The van der Waals surface area contributed by atoms with Gasteiger partial charge in [0.15, 0.2) is 0 Å². The van der Waals surface area contributed by atoms with Gasteiger partial charge in [0.1, 0.15) is 6.54 Å². The van der Waals surface area contributed by atoms with E-state index in [1.165, 1.54) is 27.7 Å². The summed E-state index contributed by atoms with van der Waals surface area (Å²) < 4.78 is 2.39. The zero-order chi connectivity index (χ0) is 17.9. The van der Waals surface area contributed by atoms with Crippen LogP contribution in [0.5, 0.6) is 0 Å². The van der Waals surface area contributed by atoms with Gasteiger partial charge in [0, 0.05) is 28.9 Å². The molecular formula is C24H23N2+. The first-order chi connectivity index (χ1) is 12.8. The van der Waals surface area contributed by atoms with Crippen LogP contribution in [0, 0.1) is 0 Å². The van der Waals surface area contributed by atoms with Crippen LogP contribution >= 0.6 is 0 Å². The molecule has 2 aromatic carbocycles. The third-order valence-electron chi connectivity index (χ3n) is 4.90. The lowest BCUT2D eigenvalue weighted by Gasteiger charge is -2.19. The zero-order valence-electron chi connectivity index (χ0n) is 15.1. The Morgan fingerprint density at radius 3 is 2.65 bits per heavy atom. The monoisotopic (exact) mass is 339 g/mol. The number of aryl methyl sites for hydroxylation is 1. The van der Waals surface area contributed by atoms with Crippen LogP contribution in [0.15, 0.2) is 85.1 Å². The fourth-order valence-corrected chi connectivity index (χ4v) is 3.66. The van der Waals surface area contributed by atoms with Gasteiger partial charge in [-0.2, -0.15) is 4.57 Å². The first-order valence-electron chi connectivity index (χ1n) is 9.12. The summed E-state index contributed by atoms with van der Waals surface area (Å²) in [6.07, 6.45) is 7.15. The number of anilines is 1. The summed E-state index contributed by atoms with van der Waals surface area (Å²) in [5.41, 5.74) is 7.26. The minimum atomic E-state index is 0.813. The molecule has 0 saturated heterocycles. The Bertz CT molecular complexity index is 1040. The normalized spacial score (nSPS) is 14.7. The molecule has 0 radical (unpaired) electrons. The van der Waals surface area contributed by atoms with E-state index in [1.54, 1.807) is 0 Å². The van der Waals surface area contributed by atoms with E-state index in [0.717, 1.165) is 24.4 Å². The number of fused-ring (bicyclic) bond motifs is 2. The Balaban J connectivity index is 1.91. The van der Waals surface area contributed by atoms with Crippen LogP contribution in [0.1, 0.15) is 24.6 Å². The van der Waals surface area contributed by atoms with E-state index >= 15 is 0 Å². The van der Waals surface area contributed by atoms with E-state index in [2.05, 4.69) is 96.2 Å². The standard InChI is InChI=1S/C24H22N2/c1-3-9-20(22-16-14-18-10-5-7-12-21(18)25-22)24-17-15-19-11-6-8-13-23(19)26(24)4-2/h3,5-8,10-17H,1,4,9H2,2H3/p+1. The van der Waals surface area contributed by atoms with E-state index < -0.39 is 0 Å². The molecule has 0 spiro atoms. The molecule has 4 rings (SSSR count). The SMILES string of the molecule is C=CCC(=C1C=Cc2ccccc2N1)c1ccc2ccccc2[n+]1CC. The van der Waals surface area contributed by atoms with E-state index in [4.69, 9.17) is 0 Å². The molecule has 0 unspecified atom stereocenters. The van der Waals surface area contributed by atoms with Crippen molar-refractivity contribution in [3.63, 3.8) is 0 Å². The summed E-state index contributed by atoms with van der Waals surface area (Å²) in [5.74, 6) is 0. The number of nitrogens with one attached hydrogen (secondary N) is 1. The number of hydrogen-bond acceptors (Lipinski definition) is 1.